The lowest BCUT2D eigenvalue weighted by Crippen LogP contribution is -2.21. The number of nitrogens with one attached hydrogen (secondary N) is 1. The standard InChI is InChI=1S/C14H13NO2S.BrH/c16-12-6-9-3-4-15-8-11(10(9)7-13(12)17)14-2-1-5-18-14;/h1-2,5-7,11,15H,3-4,8H2;1H. The van der Waals surface area contributed by atoms with E-state index in [4.69, 9.17) is 0 Å². The van der Waals surface area contributed by atoms with Crippen LogP contribution < -0.4 is 5.32 Å². The minimum Gasteiger partial charge on any atom is -0.315 e. The van der Waals surface area contributed by atoms with Gasteiger partial charge in [0, 0.05) is 17.3 Å². The molecule has 1 saturated heterocycles. The number of allylic oxidation sites excluding steroid dienone is 2. The van der Waals surface area contributed by atoms with Crippen molar-refractivity contribution in [3.05, 3.63) is 45.7 Å². The van der Waals surface area contributed by atoms with Gasteiger partial charge >= 0.3 is 0 Å². The van der Waals surface area contributed by atoms with Crippen molar-refractivity contribution >= 4 is 39.9 Å². The number of hydrogen-bond acceptors (Lipinski definition) is 4. The predicted octanol–water partition coefficient (Wildman–Crippen LogP) is 2.41. The van der Waals surface area contributed by atoms with Crippen LogP contribution in [0, 0.1) is 0 Å². The topological polar surface area (TPSA) is 46.2 Å². The van der Waals surface area contributed by atoms with Gasteiger partial charge in [-0.25, -0.2) is 0 Å². The molecule has 0 aromatic carbocycles. The summed E-state index contributed by atoms with van der Waals surface area (Å²) in [5.41, 5.74) is 2.04. The first-order chi connectivity index (χ1) is 8.75. The largest absolute Gasteiger partial charge is 0.315 e. The van der Waals surface area contributed by atoms with Crippen molar-refractivity contribution in [2.24, 2.45) is 0 Å². The molecule has 19 heavy (non-hydrogen) atoms. The Morgan fingerprint density at radius 3 is 2.74 bits per heavy atom. The lowest BCUT2D eigenvalue weighted by Gasteiger charge is -2.20. The Morgan fingerprint density at radius 2 is 2.00 bits per heavy atom. The van der Waals surface area contributed by atoms with Gasteiger partial charge in [-0.3, -0.25) is 9.59 Å². The highest BCUT2D eigenvalue weighted by atomic mass is 79.9. The van der Waals surface area contributed by atoms with E-state index in [0.29, 0.717) is 0 Å². The Balaban J connectivity index is 0.00000133. The zero-order valence-electron chi connectivity index (χ0n) is 10.2. The second-order valence-corrected chi connectivity index (χ2v) is 5.50. The Hall–Kier alpha value is -1.04. The van der Waals surface area contributed by atoms with E-state index in [1.54, 1.807) is 11.3 Å². The SMILES string of the molecule is Br.O=C1C=C2CCNCC(c3cccs3)C2=CC1=O. The van der Waals surface area contributed by atoms with Crippen LogP contribution in [0.4, 0.5) is 0 Å². The molecule has 1 unspecified atom stereocenters. The smallest absolute Gasteiger partial charge is 0.226 e. The van der Waals surface area contributed by atoms with Crippen LogP contribution in [0.25, 0.3) is 0 Å². The average Bonchev–Trinajstić information content (AvgIpc) is 2.80. The Kier molecular flexibility index (Phi) is 4.50. The van der Waals surface area contributed by atoms with E-state index in [1.807, 2.05) is 11.4 Å². The molecule has 1 atom stereocenters. The van der Waals surface area contributed by atoms with Crippen LogP contribution in [-0.2, 0) is 9.59 Å². The molecule has 3 rings (SSSR count). The molecule has 2 aliphatic rings. The third-order valence-electron chi connectivity index (χ3n) is 3.39. The maximum Gasteiger partial charge on any atom is 0.226 e. The first kappa shape index (κ1) is 14.4. The summed E-state index contributed by atoms with van der Waals surface area (Å²) < 4.78 is 0. The molecule has 1 aromatic heterocycles. The predicted molar refractivity (Wildman–Crippen MR) is 81.0 cm³/mol. The van der Waals surface area contributed by atoms with Gasteiger partial charge in [-0.1, -0.05) is 6.07 Å². The maximum atomic E-state index is 11.6. The molecule has 3 nitrogen and oxygen atoms in total. The second-order valence-electron chi connectivity index (χ2n) is 4.52. The summed E-state index contributed by atoms with van der Waals surface area (Å²) in [6.07, 6.45) is 3.87. The number of rotatable bonds is 1. The Bertz CT molecular complexity index is 560. The fourth-order valence-electron chi connectivity index (χ4n) is 2.48. The molecule has 1 aliphatic heterocycles. The summed E-state index contributed by atoms with van der Waals surface area (Å²) in [7, 11) is 0. The van der Waals surface area contributed by atoms with E-state index in [9.17, 15) is 9.59 Å². The van der Waals surface area contributed by atoms with E-state index >= 15 is 0 Å². The fourth-order valence-corrected chi connectivity index (χ4v) is 3.33. The highest BCUT2D eigenvalue weighted by Gasteiger charge is 2.28. The van der Waals surface area contributed by atoms with Crippen molar-refractivity contribution in [1.82, 2.24) is 5.32 Å². The number of halogens is 1. The zero-order valence-corrected chi connectivity index (χ0v) is 12.7. The molecule has 0 spiro atoms. The van der Waals surface area contributed by atoms with Crippen molar-refractivity contribution in [1.29, 1.82) is 0 Å². The first-order valence-corrected chi connectivity index (χ1v) is 6.88. The monoisotopic (exact) mass is 339 g/mol. The molecular formula is C14H14BrNO2S. The quantitative estimate of drug-likeness (QED) is 0.631. The zero-order chi connectivity index (χ0) is 12.5. The van der Waals surface area contributed by atoms with Gasteiger partial charge in [0.15, 0.2) is 0 Å². The number of carbonyl (C=O) groups excluding carboxylic acids is 2. The minimum atomic E-state index is -0.391. The molecule has 1 aliphatic carbocycles. The van der Waals surface area contributed by atoms with Crippen LogP contribution >= 0.6 is 28.3 Å². The lowest BCUT2D eigenvalue weighted by atomic mass is 9.85. The summed E-state index contributed by atoms with van der Waals surface area (Å²) in [5, 5.41) is 5.42. The van der Waals surface area contributed by atoms with Crippen molar-refractivity contribution in [3.63, 3.8) is 0 Å². The molecule has 1 N–H and O–H groups in total. The number of thiophene rings is 1. The number of hydrogen-bond donors (Lipinski definition) is 1. The van der Waals surface area contributed by atoms with Crippen LogP contribution in [-0.4, -0.2) is 24.7 Å². The highest BCUT2D eigenvalue weighted by molar-refractivity contribution is 8.93. The van der Waals surface area contributed by atoms with Gasteiger partial charge in [0.25, 0.3) is 0 Å². The minimum absolute atomic E-state index is 0. The van der Waals surface area contributed by atoms with Gasteiger partial charge in [0.2, 0.25) is 11.6 Å². The van der Waals surface area contributed by atoms with Gasteiger partial charge in [-0.15, -0.1) is 28.3 Å². The third-order valence-corrected chi connectivity index (χ3v) is 4.37. The number of fused-ring (bicyclic) bond motifs is 1. The van der Waals surface area contributed by atoms with E-state index in [-0.39, 0.29) is 28.7 Å². The lowest BCUT2D eigenvalue weighted by molar-refractivity contribution is -0.131. The molecule has 0 radical (unpaired) electrons. The molecule has 2 heterocycles. The summed E-state index contributed by atoms with van der Waals surface area (Å²) >= 11 is 1.69. The molecule has 100 valence electrons. The van der Waals surface area contributed by atoms with E-state index in [0.717, 1.165) is 30.7 Å². The van der Waals surface area contributed by atoms with Crippen molar-refractivity contribution in [2.75, 3.05) is 13.1 Å². The molecule has 1 fully saturated rings. The van der Waals surface area contributed by atoms with Gasteiger partial charge in [0.05, 0.1) is 0 Å². The van der Waals surface area contributed by atoms with Crippen LogP contribution in [0.3, 0.4) is 0 Å². The van der Waals surface area contributed by atoms with Gasteiger partial charge in [-0.05, 0) is 47.7 Å². The highest BCUT2D eigenvalue weighted by Crippen LogP contribution is 2.36. The van der Waals surface area contributed by atoms with Crippen molar-refractivity contribution in [3.8, 4) is 0 Å². The molecule has 5 heteroatoms. The van der Waals surface area contributed by atoms with Gasteiger partial charge < -0.3 is 5.32 Å². The normalized spacial score (nSPS) is 22.8. The summed E-state index contributed by atoms with van der Waals surface area (Å²) in [6, 6.07) is 4.10. The van der Waals surface area contributed by atoms with Gasteiger partial charge in [-0.2, -0.15) is 0 Å². The van der Waals surface area contributed by atoms with Crippen LogP contribution in [0.5, 0.6) is 0 Å². The van der Waals surface area contributed by atoms with Crippen molar-refractivity contribution < 1.29 is 9.59 Å². The molecule has 1 aromatic rings. The van der Waals surface area contributed by atoms with E-state index in [2.05, 4.69) is 11.4 Å². The Morgan fingerprint density at radius 1 is 1.21 bits per heavy atom. The van der Waals surface area contributed by atoms with E-state index < -0.39 is 5.78 Å². The number of ketones is 2. The van der Waals surface area contributed by atoms with Crippen LogP contribution in [0.1, 0.15) is 17.2 Å². The van der Waals surface area contributed by atoms with E-state index in [1.165, 1.54) is 17.0 Å². The first-order valence-electron chi connectivity index (χ1n) is 6.00. The van der Waals surface area contributed by atoms with Crippen molar-refractivity contribution in [2.45, 2.75) is 12.3 Å². The summed E-state index contributed by atoms with van der Waals surface area (Å²) in [4.78, 5) is 24.3. The Labute approximate surface area is 126 Å². The second kappa shape index (κ2) is 5.94. The average molecular weight is 340 g/mol. The summed E-state index contributed by atoms with van der Waals surface area (Å²) in [5.74, 6) is -0.589. The maximum absolute atomic E-state index is 11.6. The molecular weight excluding hydrogens is 326 g/mol. The van der Waals surface area contributed by atoms with Crippen LogP contribution in [0.15, 0.2) is 40.8 Å². The number of carbonyl (C=O) groups is 2. The van der Waals surface area contributed by atoms with Crippen LogP contribution in [0.2, 0.25) is 0 Å². The fraction of sp³-hybridized carbons (Fsp3) is 0.286. The van der Waals surface area contributed by atoms with Gasteiger partial charge in [0.1, 0.15) is 0 Å². The summed E-state index contributed by atoms with van der Waals surface area (Å²) in [6.45, 7) is 1.68. The molecule has 0 saturated carbocycles. The molecule has 0 bridgehead atoms. The third kappa shape index (κ3) is 2.78. The molecule has 0 amide bonds.